The van der Waals surface area contributed by atoms with Crippen molar-refractivity contribution < 1.29 is 35.9 Å². The zero-order valence-electron chi connectivity index (χ0n) is 10.9. The summed E-state index contributed by atoms with van der Waals surface area (Å²) >= 11 is -10.8. The summed E-state index contributed by atoms with van der Waals surface area (Å²) in [6.07, 6.45) is 0. The smallest absolute Gasteiger partial charge is 0.369 e. The van der Waals surface area contributed by atoms with Crippen LogP contribution in [0.15, 0.2) is 0 Å². The largest absolute Gasteiger partial charge is 0.369 e. The van der Waals surface area contributed by atoms with E-state index in [1.807, 2.05) is 0 Å². The SMILES string of the molecule is O=[N+]([O-])[Rh-3]([N+](=O)[O-])([N+](=O)[O-])([N+](=O)[O-])([N+](=O)[O-])[N+](=O)[O-].[NH4+].[NH4+].[NH4+]. The van der Waals surface area contributed by atoms with Gasteiger partial charge < -0.3 is 18.5 Å². The maximum absolute atomic E-state index is 10.8. The Morgan fingerprint density at radius 3 is 0.500 bits per heavy atom. The van der Waals surface area contributed by atoms with Crippen molar-refractivity contribution in [2.45, 2.75) is 0 Å². The van der Waals surface area contributed by atoms with Gasteiger partial charge in [0.05, 0.1) is 0 Å². The first-order valence-corrected chi connectivity index (χ1v) is 7.48. The van der Waals surface area contributed by atoms with Crippen LogP contribution in [0.5, 0.6) is 0 Å². The van der Waals surface area contributed by atoms with E-state index in [4.69, 9.17) is 0 Å². The van der Waals surface area contributed by atoms with Crippen LogP contribution >= 0.6 is 0 Å². The van der Waals surface area contributed by atoms with Crippen LogP contribution in [0.1, 0.15) is 0 Å². The minimum atomic E-state index is -10.8. The van der Waals surface area contributed by atoms with E-state index in [0.717, 1.165) is 0 Å². The Morgan fingerprint density at radius 1 is 0.409 bits per heavy atom. The third kappa shape index (κ3) is 1.32. The summed E-state index contributed by atoms with van der Waals surface area (Å²) in [5.41, 5.74) is 0. The summed E-state index contributed by atoms with van der Waals surface area (Å²) < 4.78 is -19.4. The predicted molar refractivity (Wildman–Crippen MR) is 59.9 cm³/mol. The quantitative estimate of drug-likeness (QED) is 0.271. The Kier molecular flexibility index (Phi) is 7.09. The van der Waals surface area contributed by atoms with Gasteiger partial charge in [0.15, 0.2) is 0 Å². The minimum absolute atomic E-state index is 0. The maximum atomic E-state index is 10.5. The molecular weight excluding hydrogens is 421 g/mol. The van der Waals surface area contributed by atoms with Gasteiger partial charge in [-0.05, 0) is 0 Å². The van der Waals surface area contributed by atoms with Crippen molar-refractivity contribution >= 4 is 0 Å². The molecule has 21 nitrogen and oxygen atoms in total. The molecule has 0 rings (SSSR count). The van der Waals surface area contributed by atoms with E-state index in [-0.39, 0.29) is 18.5 Å². The fraction of sp³-hybridized carbons (Fsp3) is 0. The molecule has 0 aliphatic heterocycles. The Morgan fingerprint density at radius 2 is 0.500 bits per heavy atom. The molecule has 0 amide bonds. The van der Waals surface area contributed by atoms with E-state index < -0.39 is 35.9 Å². The van der Waals surface area contributed by atoms with Crippen LogP contribution in [0, 0.1) is 60.7 Å². The Hall–Kier alpha value is -3.10. The molecule has 12 N–H and O–H groups in total. The van der Waals surface area contributed by atoms with Crippen molar-refractivity contribution in [2.75, 3.05) is 0 Å². The molecule has 0 fully saturated rings. The van der Waals surface area contributed by atoms with Gasteiger partial charge in [0, 0.05) is 0 Å². The molecule has 0 aliphatic carbocycles. The monoisotopic (exact) mass is 433 g/mol. The number of rotatable bonds is 6. The zero-order chi connectivity index (χ0) is 15.9. The van der Waals surface area contributed by atoms with Crippen LogP contribution in [0.2, 0.25) is 0 Å². The second-order valence-corrected chi connectivity index (χ2v) is 10.7. The molecule has 0 heterocycles. The van der Waals surface area contributed by atoms with Crippen LogP contribution in [0.4, 0.5) is 0 Å². The molecular formula is H12N9O12Rh. The Bertz CT molecular complexity index is 429. The van der Waals surface area contributed by atoms with E-state index in [0.29, 0.717) is 0 Å². The fourth-order valence-corrected chi connectivity index (χ4v) is 3.94. The molecule has 0 aromatic rings. The third-order valence-electron chi connectivity index (χ3n) is 1.63. The van der Waals surface area contributed by atoms with Crippen molar-refractivity contribution in [1.82, 2.24) is 18.5 Å². The molecule has 0 bridgehead atoms. The summed E-state index contributed by atoms with van der Waals surface area (Å²) in [6, 6.07) is 0. The van der Waals surface area contributed by atoms with Crippen molar-refractivity contribution in [3.8, 4) is 0 Å². The molecule has 0 spiro atoms. The molecule has 0 atom stereocenters. The number of nitrogens with zero attached hydrogens (tertiary/aromatic N) is 6. The molecule has 22 heteroatoms. The van der Waals surface area contributed by atoms with Gasteiger partial charge in [0.25, 0.3) is 0 Å². The van der Waals surface area contributed by atoms with Gasteiger partial charge in [-0.3, -0.25) is 0 Å². The molecule has 0 radical (unpaired) electrons. The normalized spacial score (nSPS) is 12.5. The van der Waals surface area contributed by atoms with Gasteiger partial charge in [0.2, 0.25) is 0 Å². The molecule has 22 heavy (non-hydrogen) atoms. The van der Waals surface area contributed by atoms with Crippen molar-refractivity contribution in [1.29, 1.82) is 0 Å². The van der Waals surface area contributed by atoms with Crippen molar-refractivity contribution in [3.05, 3.63) is 60.7 Å². The van der Waals surface area contributed by atoms with E-state index >= 15 is 0 Å². The van der Waals surface area contributed by atoms with E-state index in [1.54, 1.807) is 0 Å². The number of hydrogen-bond acceptors (Lipinski definition) is 12. The first-order valence-electron chi connectivity index (χ1n) is 3.09. The molecule has 0 aliphatic rings. The Labute approximate surface area is 116 Å². The average Bonchev–Trinajstić information content (AvgIpc) is 2.15. The topological polar surface area (TPSA) is 368 Å². The number of hydrogen-bond donors (Lipinski definition) is 3. The maximum Gasteiger partial charge on any atom is -0.369 e. The van der Waals surface area contributed by atoms with Gasteiger partial charge in [-0.1, -0.05) is 0 Å². The molecule has 0 aromatic carbocycles. The molecule has 0 saturated carbocycles. The summed E-state index contributed by atoms with van der Waals surface area (Å²) in [5.74, 6) is 0. The molecule has 0 aromatic heterocycles. The van der Waals surface area contributed by atoms with Crippen LogP contribution in [-0.4, -0.2) is 22.0 Å². The number of nitro groups is 6. The number of quaternary nitrogens is 3. The first kappa shape index (κ1) is 27.3. The first-order chi connectivity index (χ1) is 8.34. The molecule has 0 saturated heterocycles. The van der Waals surface area contributed by atoms with Gasteiger partial charge in [-0.25, -0.2) is 0 Å². The van der Waals surface area contributed by atoms with Crippen LogP contribution in [-0.2, 0) is 13.9 Å². The van der Waals surface area contributed by atoms with Gasteiger partial charge >= 0.3 is 96.5 Å². The fourth-order valence-electron chi connectivity index (χ4n) is 0.667. The van der Waals surface area contributed by atoms with Gasteiger partial charge in [-0.2, -0.15) is 0 Å². The molecule has 138 valence electrons. The second-order valence-electron chi connectivity index (χ2n) is 2.18. The third-order valence-corrected chi connectivity index (χ3v) is 9.66. The minimum Gasteiger partial charge on any atom is -0.369 e. The summed E-state index contributed by atoms with van der Waals surface area (Å²) in [5, 5.41) is 63.3. The summed E-state index contributed by atoms with van der Waals surface area (Å²) in [7, 11) is 0. The van der Waals surface area contributed by atoms with Crippen LogP contribution in [0.3, 0.4) is 0 Å². The summed E-state index contributed by atoms with van der Waals surface area (Å²) in [4.78, 5) is 63.3. The standard InChI is InChI=1S/6NO2.3H3N.Rh/c6*2-1-3;;;;/h;;;;;;3*1H3;/q;;;;;;;;;-3/p+3. The molecule has 0 unspecified atom stereocenters. The zero-order valence-corrected chi connectivity index (χ0v) is 12.6. The van der Waals surface area contributed by atoms with Crippen LogP contribution < -0.4 is 18.5 Å². The Balaban J connectivity index is -0.000000540. The second kappa shape index (κ2) is 5.72. The van der Waals surface area contributed by atoms with Crippen LogP contribution in [0.25, 0.3) is 0 Å². The van der Waals surface area contributed by atoms with Crippen molar-refractivity contribution in [3.63, 3.8) is 0 Å². The van der Waals surface area contributed by atoms with E-state index in [2.05, 4.69) is 0 Å². The average molecular weight is 433 g/mol. The van der Waals surface area contributed by atoms with E-state index in [9.17, 15) is 60.7 Å². The van der Waals surface area contributed by atoms with Gasteiger partial charge in [-0.15, -0.1) is 0 Å². The summed E-state index contributed by atoms with van der Waals surface area (Å²) in [6.45, 7) is 0. The predicted octanol–water partition coefficient (Wildman–Crippen LogP) is -0.510. The van der Waals surface area contributed by atoms with E-state index in [1.165, 1.54) is 0 Å². The van der Waals surface area contributed by atoms with Crippen molar-refractivity contribution in [2.24, 2.45) is 0 Å². The van der Waals surface area contributed by atoms with Gasteiger partial charge in [0.1, 0.15) is 0 Å².